The Morgan fingerprint density at radius 3 is 2.62 bits per heavy atom. The van der Waals surface area contributed by atoms with Crippen LogP contribution in [0.5, 0.6) is 0 Å². The second-order valence-electron chi connectivity index (χ2n) is 5.85. The van der Waals surface area contributed by atoms with E-state index >= 15 is 0 Å². The average Bonchev–Trinajstić information content (AvgIpc) is 3.02. The zero-order valence-electron chi connectivity index (χ0n) is 14.4. The molecular weight excluding hydrogens is 348 g/mol. The maximum Gasteiger partial charge on any atom is 0.230 e. The quantitative estimate of drug-likeness (QED) is 0.645. The standard InChI is InChI=1S/C19H18N4O2S/c1-12-7-8-20-17(9-12)23-19-22-16(11-26-19)10-18(25)21-15-5-3-14(4-6-15)13(2)24/h3-9,11H,10H2,1-2H3,(H,21,25)(H,20,22,23). The smallest absolute Gasteiger partial charge is 0.230 e. The molecule has 6 nitrogen and oxygen atoms in total. The van der Waals surface area contributed by atoms with Gasteiger partial charge in [-0.25, -0.2) is 9.97 Å². The first-order valence-electron chi connectivity index (χ1n) is 8.04. The van der Waals surface area contributed by atoms with Gasteiger partial charge in [0, 0.05) is 22.8 Å². The van der Waals surface area contributed by atoms with E-state index in [4.69, 9.17) is 0 Å². The number of carbonyl (C=O) groups is 2. The lowest BCUT2D eigenvalue weighted by molar-refractivity contribution is -0.115. The molecule has 132 valence electrons. The summed E-state index contributed by atoms with van der Waals surface area (Å²) in [5, 5.41) is 8.48. The van der Waals surface area contributed by atoms with E-state index in [1.54, 1.807) is 30.5 Å². The van der Waals surface area contributed by atoms with Crippen molar-refractivity contribution in [2.75, 3.05) is 10.6 Å². The number of anilines is 3. The number of pyridine rings is 1. The number of thiazole rings is 1. The summed E-state index contributed by atoms with van der Waals surface area (Å²) in [6, 6.07) is 10.7. The van der Waals surface area contributed by atoms with Crippen molar-refractivity contribution in [2.24, 2.45) is 0 Å². The van der Waals surface area contributed by atoms with Crippen molar-refractivity contribution in [1.29, 1.82) is 0 Å². The van der Waals surface area contributed by atoms with Crippen LogP contribution in [0.15, 0.2) is 48.0 Å². The topological polar surface area (TPSA) is 84.0 Å². The molecule has 0 fully saturated rings. The molecular formula is C19H18N4O2S. The van der Waals surface area contributed by atoms with Crippen molar-refractivity contribution in [3.05, 3.63) is 64.8 Å². The van der Waals surface area contributed by atoms with E-state index in [0.29, 0.717) is 22.1 Å². The molecule has 3 aromatic rings. The number of benzene rings is 1. The van der Waals surface area contributed by atoms with Gasteiger partial charge in [0.05, 0.1) is 12.1 Å². The van der Waals surface area contributed by atoms with Crippen LogP contribution in [0.3, 0.4) is 0 Å². The van der Waals surface area contributed by atoms with Gasteiger partial charge in [0.1, 0.15) is 5.82 Å². The molecule has 0 aliphatic carbocycles. The fourth-order valence-corrected chi connectivity index (χ4v) is 3.03. The molecule has 1 aromatic carbocycles. The van der Waals surface area contributed by atoms with Crippen molar-refractivity contribution in [3.63, 3.8) is 0 Å². The fraction of sp³-hybridized carbons (Fsp3) is 0.158. The van der Waals surface area contributed by atoms with E-state index in [1.807, 2.05) is 24.4 Å². The number of aryl methyl sites for hydroxylation is 1. The number of hydrogen-bond donors (Lipinski definition) is 2. The molecule has 0 spiro atoms. The van der Waals surface area contributed by atoms with E-state index in [9.17, 15) is 9.59 Å². The number of nitrogens with zero attached hydrogens (tertiary/aromatic N) is 2. The summed E-state index contributed by atoms with van der Waals surface area (Å²) in [5.74, 6) is 0.556. The zero-order valence-corrected chi connectivity index (χ0v) is 15.3. The summed E-state index contributed by atoms with van der Waals surface area (Å²) in [7, 11) is 0. The summed E-state index contributed by atoms with van der Waals surface area (Å²) >= 11 is 1.42. The Morgan fingerprint density at radius 1 is 1.15 bits per heavy atom. The maximum atomic E-state index is 12.2. The third kappa shape index (κ3) is 4.73. The molecule has 7 heteroatoms. The van der Waals surface area contributed by atoms with Gasteiger partial charge in [-0.3, -0.25) is 9.59 Å². The molecule has 0 bridgehead atoms. The van der Waals surface area contributed by atoms with Crippen molar-refractivity contribution < 1.29 is 9.59 Å². The predicted octanol–water partition coefficient (Wildman–Crippen LogP) is 3.97. The number of rotatable bonds is 6. The van der Waals surface area contributed by atoms with Gasteiger partial charge in [0.25, 0.3) is 0 Å². The van der Waals surface area contributed by atoms with Crippen LogP contribution in [-0.2, 0) is 11.2 Å². The lowest BCUT2D eigenvalue weighted by Crippen LogP contribution is -2.14. The molecule has 0 atom stereocenters. The first-order chi connectivity index (χ1) is 12.5. The van der Waals surface area contributed by atoms with E-state index < -0.39 is 0 Å². The summed E-state index contributed by atoms with van der Waals surface area (Å²) in [6.45, 7) is 3.50. The third-order valence-corrected chi connectivity index (χ3v) is 4.43. The van der Waals surface area contributed by atoms with E-state index in [-0.39, 0.29) is 18.1 Å². The summed E-state index contributed by atoms with van der Waals surface area (Å²) in [5.41, 5.74) is 3.05. The van der Waals surface area contributed by atoms with Crippen LogP contribution in [0, 0.1) is 6.92 Å². The Balaban J connectivity index is 1.58. The molecule has 0 saturated heterocycles. The number of Topliss-reactive ketones (excluding diaryl/α,β-unsaturated/α-hetero) is 1. The van der Waals surface area contributed by atoms with Gasteiger partial charge in [-0.05, 0) is 55.8 Å². The van der Waals surface area contributed by atoms with Crippen LogP contribution in [0.2, 0.25) is 0 Å². The monoisotopic (exact) mass is 366 g/mol. The minimum Gasteiger partial charge on any atom is -0.326 e. The lowest BCUT2D eigenvalue weighted by Gasteiger charge is -2.05. The van der Waals surface area contributed by atoms with Crippen molar-refractivity contribution in [1.82, 2.24) is 9.97 Å². The number of amides is 1. The highest BCUT2D eigenvalue weighted by atomic mass is 32.1. The van der Waals surface area contributed by atoms with Gasteiger partial charge in [-0.2, -0.15) is 0 Å². The van der Waals surface area contributed by atoms with E-state index in [0.717, 1.165) is 11.4 Å². The highest BCUT2D eigenvalue weighted by Gasteiger charge is 2.09. The van der Waals surface area contributed by atoms with Crippen LogP contribution in [0.4, 0.5) is 16.6 Å². The Labute approximate surface area is 155 Å². The first kappa shape index (κ1) is 17.8. The molecule has 2 N–H and O–H groups in total. The van der Waals surface area contributed by atoms with Gasteiger partial charge in [0.15, 0.2) is 10.9 Å². The lowest BCUT2D eigenvalue weighted by atomic mass is 10.1. The number of aromatic nitrogens is 2. The fourth-order valence-electron chi connectivity index (χ4n) is 2.32. The minimum atomic E-state index is -0.161. The van der Waals surface area contributed by atoms with Crippen LogP contribution in [0.25, 0.3) is 0 Å². The van der Waals surface area contributed by atoms with Gasteiger partial charge in [0.2, 0.25) is 5.91 Å². The maximum absolute atomic E-state index is 12.2. The number of nitrogens with one attached hydrogen (secondary N) is 2. The van der Waals surface area contributed by atoms with Crippen molar-refractivity contribution >= 4 is 39.7 Å². The van der Waals surface area contributed by atoms with Gasteiger partial charge < -0.3 is 10.6 Å². The van der Waals surface area contributed by atoms with Crippen molar-refractivity contribution in [2.45, 2.75) is 20.3 Å². The average molecular weight is 366 g/mol. The summed E-state index contributed by atoms with van der Waals surface area (Å²) < 4.78 is 0. The number of hydrogen-bond acceptors (Lipinski definition) is 6. The van der Waals surface area contributed by atoms with Gasteiger partial charge in [-0.15, -0.1) is 11.3 Å². The first-order valence-corrected chi connectivity index (χ1v) is 8.92. The summed E-state index contributed by atoms with van der Waals surface area (Å²) in [4.78, 5) is 32.1. The molecule has 1 amide bonds. The molecule has 2 heterocycles. The van der Waals surface area contributed by atoms with Gasteiger partial charge >= 0.3 is 0 Å². The zero-order chi connectivity index (χ0) is 18.5. The van der Waals surface area contributed by atoms with E-state index in [1.165, 1.54) is 18.3 Å². The molecule has 0 aliphatic rings. The second kappa shape index (κ2) is 7.88. The Kier molecular flexibility index (Phi) is 5.38. The molecule has 0 unspecified atom stereocenters. The molecule has 26 heavy (non-hydrogen) atoms. The third-order valence-electron chi connectivity index (χ3n) is 3.62. The van der Waals surface area contributed by atoms with E-state index in [2.05, 4.69) is 20.6 Å². The largest absolute Gasteiger partial charge is 0.326 e. The summed E-state index contributed by atoms with van der Waals surface area (Å²) in [6.07, 6.45) is 1.91. The number of carbonyl (C=O) groups excluding carboxylic acids is 2. The number of ketones is 1. The molecule has 2 aromatic heterocycles. The second-order valence-corrected chi connectivity index (χ2v) is 6.70. The van der Waals surface area contributed by atoms with Crippen LogP contribution >= 0.6 is 11.3 Å². The predicted molar refractivity (Wildman–Crippen MR) is 103 cm³/mol. The molecule has 0 radical (unpaired) electrons. The Bertz CT molecular complexity index is 935. The molecule has 0 aliphatic heterocycles. The van der Waals surface area contributed by atoms with Crippen LogP contribution in [-0.4, -0.2) is 21.7 Å². The highest BCUT2D eigenvalue weighted by molar-refractivity contribution is 7.13. The van der Waals surface area contributed by atoms with Crippen molar-refractivity contribution in [3.8, 4) is 0 Å². The van der Waals surface area contributed by atoms with Crippen LogP contribution < -0.4 is 10.6 Å². The van der Waals surface area contributed by atoms with Crippen LogP contribution in [0.1, 0.15) is 28.5 Å². The SMILES string of the molecule is CC(=O)c1ccc(NC(=O)Cc2csc(Nc3cc(C)ccn3)n2)cc1. The Hall–Kier alpha value is -3.06. The molecule has 0 saturated carbocycles. The van der Waals surface area contributed by atoms with Gasteiger partial charge in [-0.1, -0.05) is 0 Å². The minimum absolute atomic E-state index is 0.00604. The normalized spacial score (nSPS) is 10.4. The highest BCUT2D eigenvalue weighted by Crippen LogP contribution is 2.20. The molecule has 3 rings (SSSR count). The Morgan fingerprint density at radius 2 is 1.92 bits per heavy atom.